The van der Waals surface area contributed by atoms with Gasteiger partial charge in [-0.25, -0.2) is 0 Å². The Morgan fingerprint density at radius 1 is 1.00 bits per heavy atom. The number of hydrogen-bond acceptors (Lipinski definition) is 3. The van der Waals surface area contributed by atoms with Crippen LogP contribution in [-0.2, 0) is 9.53 Å². The molecular formula is C30H45F2NO2. The van der Waals surface area contributed by atoms with Gasteiger partial charge >= 0.3 is 11.9 Å². The molecule has 0 saturated heterocycles. The number of ether oxygens (including phenoxy) is 1. The van der Waals surface area contributed by atoms with Crippen molar-refractivity contribution in [3.8, 4) is 0 Å². The molecule has 35 heavy (non-hydrogen) atoms. The summed E-state index contributed by atoms with van der Waals surface area (Å²) in [7, 11) is 0. The summed E-state index contributed by atoms with van der Waals surface area (Å²) in [6.45, 7) is 4.60. The van der Waals surface area contributed by atoms with Gasteiger partial charge in [0.15, 0.2) is 6.10 Å². The lowest BCUT2D eigenvalue weighted by atomic mass is 9.47. The second-order valence-corrected chi connectivity index (χ2v) is 13.6. The maximum absolute atomic E-state index is 15.9. The van der Waals surface area contributed by atoms with E-state index in [9.17, 15) is 4.79 Å². The number of allylic oxidation sites excluding steroid dienone is 1. The fourth-order valence-electron chi connectivity index (χ4n) is 9.50. The number of halogens is 2. The average molecular weight is 490 g/mol. The van der Waals surface area contributed by atoms with Gasteiger partial charge in [-0.15, -0.1) is 0 Å². The first-order valence-corrected chi connectivity index (χ1v) is 14.8. The lowest BCUT2D eigenvalue weighted by Gasteiger charge is -2.59. The first-order valence-electron chi connectivity index (χ1n) is 14.8. The minimum absolute atomic E-state index is 0.285. The van der Waals surface area contributed by atoms with Crippen LogP contribution in [0.15, 0.2) is 11.6 Å². The van der Waals surface area contributed by atoms with Crippen LogP contribution in [0.5, 0.6) is 0 Å². The van der Waals surface area contributed by atoms with E-state index in [4.69, 9.17) is 4.74 Å². The van der Waals surface area contributed by atoms with Crippen LogP contribution in [0.1, 0.15) is 110 Å². The van der Waals surface area contributed by atoms with Crippen LogP contribution in [0.3, 0.4) is 0 Å². The van der Waals surface area contributed by atoms with Gasteiger partial charge in [-0.3, -0.25) is 4.79 Å². The van der Waals surface area contributed by atoms with E-state index in [0.29, 0.717) is 47.1 Å². The summed E-state index contributed by atoms with van der Waals surface area (Å²) >= 11 is 0. The van der Waals surface area contributed by atoms with Crippen LogP contribution in [0.4, 0.5) is 8.78 Å². The van der Waals surface area contributed by atoms with Gasteiger partial charge < -0.3 is 10.1 Å². The second-order valence-electron chi connectivity index (χ2n) is 13.6. The van der Waals surface area contributed by atoms with E-state index in [0.717, 1.165) is 44.6 Å². The van der Waals surface area contributed by atoms with E-state index in [1.807, 2.05) is 6.08 Å². The van der Waals surface area contributed by atoms with Crippen molar-refractivity contribution < 1.29 is 18.3 Å². The van der Waals surface area contributed by atoms with Gasteiger partial charge in [0.25, 0.3) is 0 Å². The van der Waals surface area contributed by atoms with Crippen molar-refractivity contribution in [1.29, 1.82) is 0 Å². The summed E-state index contributed by atoms with van der Waals surface area (Å²) in [6, 6.07) is 1.32. The maximum Gasteiger partial charge on any atom is 0.306 e. The van der Waals surface area contributed by atoms with Gasteiger partial charge in [0, 0.05) is 24.1 Å². The molecule has 5 fully saturated rings. The number of fused-ring (bicyclic) bond motifs is 5. The van der Waals surface area contributed by atoms with Gasteiger partial charge in [-0.1, -0.05) is 45.6 Å². The lowest BCUT2D eigenvalue weighted by Crippen LogP contribution is -2.57. The van der Waals surface area contributed by atoms with Gasteiger partial charge in [0.2, 0.25) is 0 Å². The van der Waals surface area contributed by atoms with Crippen molar-refractivity contribution >= 4 is 5.97 Å². The van der Waals surface area contributed by atoms with E-state index >= 15 is 8.78 Å². The number of nitrogens with one attached hydrogen (secondary N) is 1. The Balaban J connectivity index is 1.15. The molecule has 6 aliphatic rings. The van der Waals surface area contributed by atoms with Crippen LogP contribution in [0.2, 0.25) is 0 Å². The Labute approximate surface area is 210 Å². The highest BCUT2D eigenvalue weighted by atomic mass is 19.3. The Hall–Kier alpha value is -0.970. The van der Waals surface area contributed by atoms with Crippen molar-refractivity contribution in [2.45, 2.75) is 134 Å². The molecule has 0 aliphatic heterocycles. The fraction of sp³-hybridized carbons (Fsp3) is 0.900. The first kappa shape index (κ1) is 24.4. The van der Waals surface area contributed by atoms with E-state index in [1.54, 1.807) is 0 Å². The number of carbonyl (C=O) groups excluding carboxylic acids is 1. The highest BCUT2D eigenvalue weighted by molar-refractivity contribution is 5.69. The monoisotopic (exact) mass is 489 g/mol. The van der Waals surface area contributed by atoms with Crippen molar-refractivity contribution in [2.75, 3.05) is 0 Å². The zero-order valence-corrected chi connectivity index (χ0v) is 21.8. The molecule has 0 amide bonds. The third-order valence-electron chi connectivity index (χ3n) is 11.7. The molecule has 5 heteroatoms. The van der Waals surface area contributed by atoms with E-state index in [1.165, 1.54) is 38.5 Å². The molecule has 7 atom stereocenters. The summed E-state index contributed by atoms with van der Waals surface area (Å²) < 4.78 is 37.3. The van der Waals surface area contributed by atoms with Gasteiger partial charge in [-0.2, -0.15) is 8.78 Å². The molecule has 1 N–H and O–H groups in total. The summed E-state index contributed by atoms with van der Waals surface area (Å²) in [5.74, 6) is -1.43. The number of carbonyl (C=O) groups is 1. The van der Waals surface area contributed by atoms with Gasteiger partial charge in [-0.05, 0) is 98.7 Å². The zero-order valence-electron chi connectivity index (χ0n) is 21.8. The second kappa shape index (κ2) is 8.81. The SMILES string of the molecule is C[C@]12CC[C@H]3[C@@H](CC=C4C(F)(F)[C@@H](OC(=O)CCC5CCCC5)CC[C@@]43C)[C@@H]1CC[C@@H]2NC1CC1. The quantitative estimate of drug-likeness (QED) is 0.317. The number of rotatable bonds is 6. The van der Waals surface area contributed by atoms with Crippen LogP contribution in [-0.4, -0.2) is 30.1 Å². The summed E-state index contributed by atoms with van der Waals surface area (Å²) in [5, 5.41) is 3.94. The summed E-state index contributed by atoms with van der Waals surface area (Å²) in [5.41, 5.74) is 0.128. The van der Waals surface area contributed by atoms with Crippen molar-refractivity contribution in [2.24, 2.45) is 34.5 Å². The average Bonchev–Trinajstić information content (AvgIpc) is 3.35. The molecule has 0 aromatic carbocycles. The summed E-state index contributed by atoms with van der Waals surface area (Å²) in [6.07, 6.45) is 15.5. The molecule has 0 heterocycles. The zero-order chi connectivity index (χ0) is 24.4. The lowest BCUT2D eigenvalue weighted by molar-refractivity contribution is -0.183. The van der Waals surface area contributed by atoms with Crippen LogP contribution in [0.25, 0.3) is 0 Å². The van der Waals surface area contributed by atoms with Crippen LogP contribution in [0, 0.1) is 34.5 Å². The van der Waals surface area contributed by atoms with Crippen LogP contribution < -0.4 is 5.32 Å². The molecule has 0 unspecified atom stereocenters. The summed E-state index contributed by atoms with van der Waals surface area (Å²) in [4.78, 5) is 12.5. The molecule has 0 radical (unpaired) electrons. The Kier molecular flexibility index (Phi) is 6.13. The number of alkyl halides is 2. The van der Waals surface area contributed by atoms with Crippen LogP contribution >= 0.6 is 0 Å². The Morgan fingerprint density at radius 3 is 2.51 bits per heavy atom. The third kappa shape index (κ3) is 4.10. The predicted octanol–water partition coefficient (Wildman–Crippen LogP) is 7.20. The molecule has 3 nitrogen and oxygen atoms in total. The van der Waals surface area contributed by atoms with Crippen molar-refractivity contribution in [3.05, 3.63) is 11.6 Å². The topological polar surface area (TPSA) is 38.3 Å². The third-order valence-corrected chi connectivity index (χ3v) is 11.7. The Bertz CT molecular complexity index is 862. The molecule has 0 bridgehead atoms. The largest absolute Gasteiger partial charge is 0.456 e. The van der Waals surface area contributed by atoms with Crippen molar-refractivity contribution in [3.63, 3.8) is 0 Å². The molecule has 0 aromatic heterocycles. The van der Waals surface area contributed by atoms with Crippen molar-refractivity contribution in [1.82, 2.24) is 5.32 Å². The van der Waals surface area contributed by atoms with E-state index in [-0.39, 0.29) is 12.8 Å². The smallest absolute Gasteiger partial charge is 0.306 e. The first-order chi connectivity index (χ1) is 16.7. The van der Waals surface area contributed by atoms with E-state index in [2.05, 4.69) is 19.2 Å². The molecule has 6 aliphatic carbocycles. The predicted molar refractivity (Wildman–Crippen MR) is 133 cm³/mol. The number of esters is 1. The standard InChI is InChI=1S/C30H45F2NO2/c1-28-18-16-26(35-27(34)14-7-19-5-3-4-6-19)30(31,32)24(28)12-10-21-22-11-13-25(33-20-8-9-20)29(22,2)17-15-23(21)28/h12,19-23,25-26,33H,3-11,13-18H2,1-2H3/t21-,22-,23-,25-,26-,28+,29-/m0/s1. The highest BCUT2D eigenvalue weighted by Gasteiger charge is 2.64. The van der Waals surface area contributed by atoms with Gasteiger partial charge in [0.05, 0.1) is 0 Å². The minimum atomic E-state index is -3.05. The van der Waals surface area contributed by atoms with E-state index < -0.39 is 23.4 Å². The fourth-order valence-corrected chi connectivity index (χ4v) is 9.50. The maximum atomic E-state index is 15.9. The molecule has 0 aromatic rings. The minimum Gasteiger partial charge on any atom is -0.456 e. The molecule has 0 spiro atoms. The normalized spacial score (nSPS) is 44.8. The molecule has 6 rings (SSSR count). The molecule has 196 valence electrons. The molecular weight excluding hydrogens is 444 g/mol. The Morgan fingerprint density at radius 2 is 1.77 bits per heavy atom. The highest BCUT2D eigenvalue weighted by Crippen LogP contribution is 2.66. The van der Waals surface area contributed by atoms with Gasteiger partial charge in [0.1, 0.15) is 0 Å². The number of hydrogen-bond donors (Lipinski definition) is 1. The molecule has 5 saturated carbocycles.